The number of aliphatic carboxylic acids is 1. The number of halogens is 1. The van der Waals surface area contributed by atoms with Crippen LogP contribution in [0.15, 0.2) is 16.6 Å². The van der Waals surface area contributed by atoms with Crippen LogP contribution in [0, 0.1) is 5.92 Å². The molecule has 1 aromatic carbocycles. The molecule has 2 N–H and O–H groups in total. The molecule has 2 amide bonds. The minimum Gasteiger partial charge on any atom is -0.486 e. The van der Waals surface area contributed by atoms with Crippen LogP contribution in [0.5, 0.6) is 11.5 Å². The molecule has 2 aliphatic heterocycles. The number of carbonyl (C=O) groups excluding carboxylic acids is 1. The van der Waals surface area contributed by atoms with Gasteiger partial charge in [0.25, 0.3) is 0 Å². The highest BCUT2D eigenvalue weighted by atomic mass is 79.9. The fourth-order valence-electron chi connectivity index (χ4n) is 2.70. The first kappa shape index (κ1) is 15.9. The predicted octanol–water partition coefficient (Wildman–Crippen LogP) is 1.84. The molecular formula is C15H17BrN2O5. The van der Waals surface area contributed by atoms with E-state index in [0.717, 1.165) is 10.0 Å². The summed E-state index contributed by atoms with van der Waals surface area (Å²) in [4.78, 5) is 24.6. The van der Waals surface area contributed by atoms with Crippen LogP contribution in [-0.4, -0.2) is 48.3 Å². The Kier molecular flexibility index (Phi) is 4.61. The van der Waals surface area contributed by atoms with Crippen LogP contribution in [0.3, 0.4) is 0 Å². The lowest BCUT2D eigenvalue weighted by molar-refractivity contribution is -0.141. The van der Waals surface area contributed by atoms with Crippen LogP contribution in [0.2, 0.25) is 0 Å². The molecule has 0 saturated carbocycles. The van der Waals surface area contributed by atoms with E-state index in [1.54, 1.807) is 0 Å². The van der Waals surface area contributed by atoms with Crippen LogP contribution in [0.25, 0.3) is 0 Å². The molecule has 1 atom stereocenters. The minimum atomic E-state index is -0.851. The van der Waals surface area contributed by atoms with Gasteiger partial charge in [0, 0.05) is 19.6 Å². The number of carboxylic acids is 1. The van der Waals surface area contributed by atoms with Gasteiger partial charge in [-0.1, -0.05) is 0 Å². The zero-order chi connectivity index (χ0) is 16.4. The molecule has 1 fully saturated rings. The van der Waals surface area contributed by atoms with Gasteiger partial charge in [0.15, 0.2) is 11.5 Å². The van der Waals surface area contributed by atoms with E-state index in [1.807, 2.05) is 12.1 Å². The summed E-state index contributed by atoms with van der Waals surface area (Å²) in [5.74, 6) is 0.0115. The van der Waals surface area contributed by atoms with E-state index in [0.29, 0.717) is 44.2 Å². The van der Waals surface area contributed by atoms with Crippen molar-refractivity contribution in [2.75, 3.05) is 26.3 Å². The predicted molar refractivity (Wildman–Crippen MR) is 84.7 cm³/mol. The molecule has 0 radical (unpaired) electrons. The third kappa shape index (κ3) is 3.52. The number of urea groups is 1. The maximum absolute atomic E-state index is 12.1. The van der Waals surface area contributed by atoms with E-state index in [2.05, 4.69) is 21.2 Å². The zero-order valence-corrected chi connectivity index (χ0v) is 14.0. The van der Waals surface area contributed by atoms with E-state index in [-0.39, 0.29) is 12.6 Å². The summed E-state index contributed by atoms with van der Waals surface area (Å²) in [6, 6.07) is 3.46. The second-order valence-electron chi connectivity index (χ2n) is 5.53. The molecule has 124 valence electrons. The van der Waals surface area contributed by atoms with Gasteiger partial charge in [0.05, 0.1) is 10.4 Å². The summed E-state index contributed by atoms with van der Waals surface area (Å²) in [6.45, 7) is 2.07. The van der Waals surface area contributed by atoms with Gasteiger partial charge in [-0.3, -0.25) is 4.79 Å². The molecule has 23 heavy (non-hydrogen) atoms. The lowest BCUT2D eigenvalue weighted by Gasteiger charge is -2.21. The third-order valence-electron chi connectivity index (χ3n) is 3.93. The van der Waals surface area contributed by atoms with Crippen molar-refractivity contribution in [3.8, 4) is 11.5 Å². The van der Waals surface area contributed by atoms with Crippen molar-refractivity contribution in [3.05, 3.63) is 22.2 Å². The Morgan fingerprint density at radius 1 is 1.35 bits per heavy atom. The lowest BCUT2D eigenvalue weighted by Crippen LogP contribution is -2.38. The highest BCUT2D eigenvalue weighted by Crippen LogP contribution is 2.38. The normalized spacial score (nSPS) is 19.5. The van der Waals surface area contributed by atoms with Gasteiger partial charge < -0.3 is 24.8 Å². The number of fused-ring (bicyclic) bond motifs is 1. The maximum Gasteiger partial charge on any atom is 0.317 e. The Morgan fingerprint density at radius 2 is 2.13 bits per heavy atom. The standard InChI is InChI=1S/C15H17BrN2O5/c16-11-5-9(6-12-13(11)23-4-3-22-12)7-17-15(21)18-2-1-10(8-18)14(19)20/h5-6,10H,1-4,7-8H2,(H,17,21)(H,19,20). The first-order valence-corrected chi connectivity index (χ1v) is 8.17. The summed E-state index contributed by atoms with van der Waals surface area (Å²) in [5.41, 5.74) is 0.878. The number of rotatable bonds is 3. The van der Waals surface area contributed by atoms with Crippen LogP contribution in [0.1, 0.15) is 12.0 Å². The van der Waals surface area contributed by atoms with Gasteiger partial charge in [0.2, 0.25) is 0 Å². The molecule has 0 bridgehead atoms. The Bertz CT molecular complexity index is 637. The van der Waals surface area contributed by atoms with Gasteiger partial charge in [-0.25, -0.2) is 4.79 Å². The van der Waals surface area contributed by atoms with Crippen molar-refractivity contribution >= 4 is 27.9 Å². The number of amides is 2. The number of carboxylic acid groups (broad SMARTS) is 1. The summed E-state index contributed by atoms with van der Waals surface area (Å²) in [6.07, 6.45) is 0.498. The largest absolute Gasteiger partial charge is 0.486 e. The molecule has 2 heterocycles. The quantitative estimate of drug-likeness (QED) is 0.829. The Hall–Kier alpha value is -1.96. The fraction of sp³-hybridized carbons (Fsp3) is 0.467. The van der Waals surface area contributed by atoms with Crippen molar-refractivity contribution in [1.29, 1.82) is 0 Å². The van der Waals surface area contributed by atoms with Crippen LogP contribution in [0.4, 0.5) is 4.79 Å². The number of carbonyl (C=O) groups is 2. The summed E-state index contributed by atoms with van der Waals surface area (Å²) in [7, 11) is 0. The van der Waals surface area contributed by atoms with Crippen molar-refractivity contribution in [1.82, 2.24) is 10.2 Å². The summed E-state index contributed by atoms with van der Waals surface area (Å²) < 4.78 is 11.9. The van der Waals surface area contributed by atoms with Crippen molar-refractivity contribution < 1.29 is 24.2 Å². The molecule has 1 unspecified atom stereocenters. The average molecular weight is 385 g/mol. The number of likely N-dealkylation sites (tertiary alicyclic amines) is 1. The topological polar surface area (TPSA) is 88.1 Å². The highest BCUT2D eigenvalue weighted by molar-refractivity contribution is 9.10. The van der Waals surface area contributed by atoms with Gasteiger partial charge in [0.1, 0.15) is 13.2 Å². The van der Waals surface area contributed by atoms with Gasteiger partial charge in [-0.05, 0) is 40.0 Å². The fourth-order valence-corrected chi connectivity index (χ4v) is 3.31. The van der Waals surface area contributed by atoms with Crippen LogP contribution < -0.4 is 14.8 Å². The second-order valence-corrected chi connectivity index (χ2v) is 6.38. The number of hydrogen-bond donors (Lipinski definition) is 2. The molecule has 1 aromatic rings. The summed E-state index contributed by atoms with van der Waals surface area (Å²) in [5, 5.41) is 11.8. The second kappa shape index (κ2) is 6.66. The van der Waals surface area contributed by atoms with E-state index in [1.165, 1.54) is 4.90 Å². The molecule has 1 saturated heterocycles. The number of hydrogen-bond acceptors (Lipinski definition) is 4. The first-order valence-electron chi connectivity index (χ1n) is 7.38. The Morgan fingerprint density at radius 3 is 2.87 bits per heavy atom. The molecule has 7 nitrogen and oxygen atoms in total. The van der Waals surface area contributed by atoms with Crippen LogP contribution in [-0.2, 0) is 11.3 Å². The van der Waals surface area contributed by atoms with Crippen molar-refractivity contribution in [3.63, 3.8) is 0 Å². The number of nitrogens with zero attached hydrogens (tertiary/aromatic N) is 1. The molecule has 0 aliphatic carbocycles. The van der Waals surface area contributed by atoms with E-state index >= 15 is 0 Å². The van der Waals surface area contributed by atoms with Crippen LogP contribution >= 0.6 is 15.9 Å². The molecule has 2 aliphatic rings. The number of benzene rings is 1. The summed E-state index contributed by atoms with van der Waals surface area (Å²) >= 11 is 3.44. The molecule has 8 heteroatoms. The van der Waals surface area contributed by atoms with Crippen molar-refractivity contribution in [2.45, 2.75) is 13.0 Å². The average Bonchev–Trinajstić information content (AvgIpc) is 3.03. The van der Waals surface area contributed by atoms with E-state index in [4.69, 9.17) is 14.6 Å². The number of ether oxygens (including phenoxy) is 2. The van der Waals surface area contributed by atoms with Crippen molar-refractivity contribution in [2.24, 2.45) is 5.92 Å². The van der Waals surface area contributed by atoms with Gasteiger partial charge >= 0.3 is 12.0 Å². The van der Waals surface area contributed by atoms with E-state index in [9.17, 15) is 9.59 Å². The van der Waals surface area contributed by atoms with E-state index < -0.39 is 11.9 Å². The number of nitrogens with one attached hydrogen (secondary N) is 1. The Labute approximate surface area is 141 Å². The van der Waals surface area contributed by atoms with Gasteiger partial charge in [-0.2, -0.15) is 0 Å². The zero-order valence-electron chi connectivity index (χ0n) is 12.4. The molecule has 3 rings (SSSR count). The molecule has 0 spiro atoms. The minimum absolute atomic E-state index is 0.250. The smallest absolute Gasteiger partial charge is 0.317 e. The Balaban J connectivity index is 1.59. The monoisotopic (exact) mass is 384 g/mol. The lowest BCUT2D eigenvalue weighted by atomic mass is 10.1. The SMILES string of the molecule is O=C(O)C1CCN(C(=O)NCc2cc(Br)c3c(c2)OCCO3)C1. The maximum atomic E-state index is 12.1. The molecule has 0 aromatic heterocycles. The first-order chi connectivity index (χ1) is 11.0. The van der Waals surface area contributed by atoms with Gasteiger partial charge in [-0.15, -0.1) is 0 Å². The third-order valence-corrected chi connectivity index (χ3v) is 4.51. The highest BCUT2D eigenvalue weighted by Gasteiger charge is 2.30. The molecular weight excluding hydrogens is 368 g/mol.